The molecule has 2 fully saturated rings. The van der Waals surface area contributed by atoms with E-state index in [0.29, 0.717) is 24.2 Å². The summed E-state index contributed by atoms with van der Waals surface area (Å²) in [5, 5.41) is 0. The van der Waals surface area contributed by atoms with E-state index >= 15 is 0 Å². The Morgan fingerprint density at radius 3 is 2.41 bits per heavy atom. The van der Waals surface area contributed by atoms with Crippen LogP contribution in [-0.4, -0.2) is 29.7 Å². The second-order valence-corrected chi connectivity index (χ2v) is 6.88. The van der Waals surface area contributed by atoms with E-state index < -0.39 is 0 Å². The van der Waals surface area contributed by atoms with Crippen LogP contribution in [0.5, 0.6) is 0 Å². The molecule has 0 saturated carbocycles. The van der Waals surface area contributed by atoms with Crippen molar-refractivity contribution in [3.8, 4) is 0 Å². The van der Waals surface area contributed by atoms with Gasteiger partial charge in [0.1, 0.15) is 6.17 Å². The van der Waals surface area contributed by atoms with E-state index in [-0.39, 0.29) is 23.8 Å². The lowest BCUT2D eigenvalue weighted by molar-refractivity contribution is 0.0635. The molecule has 7 nitrogen and oxygen atoms in total. The molecular formula is C20H23N5O2. The monoisotopic (exact) mass is 365 g/mol. The van der Waals surface area contributed by atoms with E-state index in [4.69, 9.17) is 0 Å². The maximum atomic E-state index is 13.2. The van der Waals surface area contributed by atoms with Crippen molar-refractivity contribution in [3.63, 3.8) is 0 Å². The van der Waals surface area contributed by atoms with Gasteiger partial charge in [-0.05, 0) is 24.5 Å². The minimum atomic E-state index is -0.211. The lowest BCUT2D eigenvalue weighted by atomic mass is 9.89. The molecule has 2 aliphatic rings. The molecule has 27 heavy (non-hydrogen) atoms. The van der Waals surface area contributed by atoms with Gasteiger partial charge in [0, 0.05) is 30.1 Å². The van der Waals surface area contributed by atoms with E-state index in [1.165, 1.54) is 0 Å². The molecule has 0 aliphatic carbocycles. The number of piperidine rings is 1. The summed E-state index contributed by atoms with van der Waals surface area (Å²) in [6.07, 6.45) is 1.44. The highest BCUT2D eigenvalue weighted by molar-refractivity contribution is 5.99. The summed E-state index contributed by atoms with van der Waals surface area (Å²) < 4.78 is 0. The Labute approximate surface area is 158 Å². The molecule has 2 saturated heterocycles. The summed E-state index contributed by atoms with van der Waals surface area (Å²) in [5.74, 6) is -0.0658. The van der Waals surface area contributed by atoms with Gasteiger partial charge in [-0.15, -0.1) is 0 Å². The van der Waals surface area contributed by atoms with Gasteiger partial charge < -0.3 is 4.90 Å². The van der Waals surface area contributed by atoms with Crippen LogP contribution in [-0.2, 0) is 0 Å². The first-order valence-electron chi connectivity index (χ1n) is 9.22. The first-order chi connectivity index (χ1) is 13.2. The first kappa shape index (κ1) is 17.8. The molecule has 2 aliphatic heterocycles. The quantitative estimate of drug-likeness (QED) is 0.615. The Bertz CT molecular complexity index is 820. The second-order valence-electron chi connectivity index (χ2n) is 6.88. The third-order valence-corrected chi connectivity index (χ3v) is 5.14. The molecule has 0 spiro atoms. The molecule has 0 radical (unpaired) electrons. The molecule has 2 heterocycles. The minimum Gasteiger partial charge on any atom is -0.338 e. The SMILES string of the molecule is O=C(c1ccccc1)C1CCCN(C(=O)c2ccccc2C2NNNN2)C1. The minimum absolute atomic E-state index is 0.0355. The van der Waals surface area contributed by atoms with Crippen LogP contribution in [0.4, 0.5) is 0 Å². The largest absolute Gasteiger partial charge is 0.338 e. The van der Waals surface area contributed by atoms with Crippen molar-refractivity contribution in [1.29, 1.82) is 0 Å². The van der Waals surface area contributed by atoms with Gasteiger partial charge in [0.05, 0.1) is 0 Å². The molecule has 1 amide bonds. The maximum absolute atomic E-state index is 13.2. The Morgan fingerprint density at radius 2 is 1.63 bits per heavy atom. The Kier molecular flexibility index (Phi) is 5.26. The van der Waals surface area contributed by atoms with Crippen LogP contribution in [0, 0.1) is 5.92 Å². The number of Topliss-reactive ketones (excluding diaryl/α,β-unsaturated/α-hetero) is 1. The highest BCUT2D eigenvalue weighted by Crippen LogP contribution is 2.24. The molecule has 2 aromatic carbocycles. The fourth-order valence-corrected chi connectivity index (χ4v) is 3.74. The number of hydrogen-bond donors (Lipinski definition) is 4. The summed E-state index contributed by atoms with van der Waals surface area (Å²) in [6.45, 7) is 1.14. The van der Waals surface area contributed by atoms with Crippen molar-refractivity contribution in [3.05, 3.63) is 71.3 Å². The van der Waals surface area contributed by atoms with Crippen molar-refractivity contribution in [2.75, 3.05) is 13.1 Å². The smallest absolute Gasteiger partial charge is 0.254 e. The predicted molar refractivity (Wildman–Crippen MR) is 101 cm³/mol. The number of nitrogens with one attached hydrogen (secondary N) is 4. The van der Waals surface area contributed by atoms with Crippen LogP contribution < -0.4 is 21.9 Å². The molecule has 0 bridgehead atoms. The number of likely N-dealkylation sites (tertiary alicyclic amines) is 1. The van der Waals surface area contributed by atoms with Gasteiger partial charge in [0.15, 0.2) is 5.78 Å². The molecule has 1 unspecified atom stereocenters. The third-order valence-electron chi connectivity index (χ3n) is 5.14. The molecule has 4 rings (SSSR count). The Hall–Kier alpha value is -2.58. The number of carbonyl (C=O) groups is 2. The van der Waals surface area contributed by atoms with Crippen molar-refractivity contribution in [2.45, 2.75) is 19.0 Å². The van der Waals surface area contributed by atoms with E-state index in [1.807, 2.05) is 59.5 Å². The Morgan fingerprint density at radius 1 is 0.926 bits per heavy atom. The fraction of sp³-hybridized carbons (Fsp3) is 0.300. The zero-order chi connectivity index (χ0) is 18.6. The van der Waals surface area contributed by atoms with Crippen molar-refractivity contribution in [1.82, 2.24) is 26.8 Å². The maximum Gasteiger partial charge on any atom is 0.254 e. The van der Waals surface area contributed by atoms with Crippen molar-refractivity contribution < 1.29 is 9.59 Å². The van der Waals surface area contributed by atoms with Gasteiger partial charge in [-0.25, -0.2) is 10.9 Å². The fourth-order valence-electron chi connectivity index (χ4n) is 3.74. The standard InChI is InChI=1S/C20H23N5O2/c26-18(14-7-2-1-3-8-14)15-9-6-12-25(13-15)20(27)17-11-5-4-10-16(17)19-21-23-24-22-19/h1-5,7-8,10-11,15,19,21-24H,6,9,12-13H2. The molecule has 4 N–H and O–H groups in total. The first-order valence-corrected chi connectivity index (χ1v) is 9.22. The van der Waals surface area contributed by atoms with Crippen LogP contribution in [0.3, 0.4) is 0 Å². The average Bonchev–Trinajstić information content (AvgIpc) is 3.28. The van der Waals surface area contributed by atoms with Gasteiger partial charge in [-0.2, -0.15) is 11.1 Å². The number of ketones is 1. The zero-order valence-electron chi connectivity index (χ0n) is 14.9. The lowest BCUT2D eigenvalue weighted by Crippen LogP contribution is -2.43. The van der Waals surface area contributed by atoms with Gasteiger partial charge in [-0.3, -0.25) is 9.59 Å². The molecular weight excluding hydrogens is 342 g/mol. The number of carbonyl (C=O) groups excluding carboxylic acids is 2. The number of benzene rings is 2. The number of hydrogen-bond acceptors (Lipinski definition) is 6. The van der Waals surface area contributed by atoms with E-state index in [0.717, 1.165) is 18.4 Å². The van der Waals surface area contributed by atoms with Gasteiger partial charge in [0.2, 0.25) is 0 Å². The summed E-state index contributed by atoms with van der Waals surface area (Å²) in [4.78, 5) is 27.8. The van der Waals surface area contributed by atoms with Crippen LogP contribution >= 0.6 is 0 Å². The summed E-state index contributed by atoms with van der Waals surface area (Å²) in [6, 6.07) is 16.9. The summed E-state index contributed by atoms with van der Waals surface area (Å²) in [5.41, 5.74) is 13.8. The summed E-state index contributed by atoms with van der Waals surface area (Å²) in [7, 11) is 0. The van der Waals surface area contributed by atoms with Gasteiger partial charge in [-0.1, -0.05) is 48.5 Å². The highest BCUT2D eigenvalue weighted by atomic mass is 16.2. The normalized spacial score (nSPS) is 20.6. The highest BCUT2D eigenvalue weighted by Gasteiger charge is 2.31. The molecule has 2 aromatic rings. The van der Waals surface area contributed by atoms with Crippen LogP contribution in [0.1, 0.15) is 45.3 Å². The summed E-state index contributed by atoms with van der Waals surface area (Å²) >= 11 is 0. The average molecular weight is 365 g/mol. The lowest BCUT2D eigenvalue weighted by Gasteiger charge is -2.33. The van der Waals surface area contributed by atoms with Crippen molar-refractivity contribution in [2.24, 2.45) is 5.92 Å². The second kappa shape index (κ2) is 7.98. The predicted octanol–water partition coefficient (Wildman–Crippen LogP) is 1.54. The molecule has 0 aromatic heterocycles. The number of rotatable bonds is 4. The van der Waals surface area contributed by atoms with Crippen LogP contribution in [0.2, 0.25) is 0 Å². The van der Waals surface area contributed by atoms with Gasteiger partial charge >= 0.3 is 0 Å². The van der Waals surface area contributed by atoms with Crippen LogP contribution in [0.15, 0.2) is 54.6 Å². The molecule has 140 valence electrons. The van der Waals surface area contributed by atoms with Gasteiger partial charge in [0.25, 0.3) is 5.91 Å². The van der Waals surface area contributed by atoms with Crippen molar-refractivity contribution >= 4 is 11.7 Å². The molecule has 1 atom stereocenters. The third kappa shape index (κ3) is 3.77. The van der Waals surface area contributed by atoms with E-state index in [1.54, 1.807) is 0 Å². The van der Waals surface area contributed by atoms with E-state index in [9.17, 15) is 9.59 Å². The number of amides is 1. The molecule has 7 heteroatoms. The van der Waals surface area contributed by atoms with Crippen LogP contribution in [0.25, 0.3) is 0 Å². The zero-order valence-corrected chi connectivity index (χ0v) is 14.9. The number of hydrazine groups is 3. The topological polar surface area (TPSA) is 85.5 Å². The number of nitrogens with zero attached hydrogens (tertiary/aromatic N) is 1. The van der Waals surface area contributed by atoms with E-state index in [2.05, 4.69) is 21.9 Å². The Balaban J connectivity index is 1.52.